The molecule has 1 aliphatic carbocycles. The summed E-state index contributed by atoms with van der Waals surface area (Å²) in [5, 5.41) is 5.23. The average Bonchev–Trinajstić information content (AvgIpc) is 3.43. The van der Waals surface area contributed by atoms with Gasteiger partial charge in [-0.05, 0) is 44.7 Å². The topological polar surface area (TPSA) is 118 Å². The summed E-state index contributed by atoms with van der Waals surface area (Å²) in [6.45, 7) is 2.47. The Hall–Kier alpha value is -2.68. The first-order valence-electron chi connectivity index (χ1n) is 8.47. The van der Waals surface area contributed by atoms with Crippen LogP contribution >= 0.6 is 11.6 Å². The summed E-state index contributed by atoms with van der Waals surface area (Å²) < 4.78 is 5.04. The second-order valence-electron chi connectivity index (χ2n) is 6.76. The lowest BCUT2D eigenvalue weighted by Gasteiger charge is -2.21. The maximum absolute atomic E-state index is 12.5. The van der Waals surface area contributed by atoms with E-state index < -0.39 is 42.0 Å². The predicted molar refractivity (Wildman–Crippen MR) is 94.8 cm³/mol. The summed E-state index contributed by atoms with van der Waals surface area (Å²) in [5.74, 6) is -1.84. The minimum atomic E-state index is -1.15. The van der Waals surface area contributed by atoms with Crippen molar-refractivity contribution in [2.75, 3.05) is 11.9 Å². The SMILES string of the molecule is C[C@@H](OC(=O)CN1C(=O)N[C@](C)(C2CC2)C1=O)C(=O)Nc1cccnc1Cl. The van der Waals surface area contributed by atoms with Crippen molar-refractivity contribution in [3.63, 3.8) is 0 Å². The van der Waals surface area contributed by atoms with Crippen LogP contribution in [-0.4, -0.2) is 51.9 Å². The van der Waals surface area contributed by atoms with E-state index >= 15 is 0 Å². The molecular weight excluding hydrogens is 376 g/mol. The van der Waals surface area contributed by atoms with E-state index in [4.69, 9.17) is 16.3 Å². The van der Waals surface area contributed by atoms with Gasteiger partial charge in [0.25, 0.3) is 11.8 Å². The van der Waals surface area contributed by atoms with Gasteiger partial charge in [0.2, 0.25) is 0 Å². The van der Waals surface area contributed by atoms with Crippen molar-refractivity contribution in [3.8, 4) is 0 Å². The summed E-state index contributed by atoms with van der Waals surface area (Å²) in [6, 6.07) is 2.51. The zero-order valence-corrected chi connectivity index (χ0v) is 15.6. The normalized spacial score (nSPS) is 23.0. The lowest BCUT2D eigenvalue weighted by atomic mass is 9.96. The van der Waals surface area contributed by atoms with Crippen molar-refractivity contribution in [3.05, 3.63) is 23.5 Å². The van der Waals surface area contributed by atoms with Gasteiger partial charge >= 0.3 is 12.0 Å². The monoisotopic (exact) mass is 394 g/mol. The van der Waals surface area contributed by atoms with E-state index in [-0.39, 0.29) is 16.8 Å². The van der Waals surface area contributed by atoms with Crippen LogP contribution in [0.1, 0.15) is 26.7 Å². The molecule has 2 heterocycles. The number of nitrogens with zero attached hydrogens (tertiary/aromatic N) is 2. The number of carbonyl (C=O) groups excluding carboxylic acids is 4. The minimum Gasteiger partial charge on any atom is -0.451 e. The molecule has 27 heavy (non-hydrogen) atoms. The van der Waals surface area contributed by atoms with Crippen molar-refractivity contribution >= 4 is 41.1 Å². The molecule has 2 N–H and O–H groups in total. The number of nitrogens with one attached hydrogen (secondary N) is 2. The molecule has 2 atom stereocenters. The summed E-state index contributed by atoms with van der Waals surface area (Å²) in [7, 11) is 0. The molecule has 1 saturated carbocycles. The van der Waals surface area contributed by atoms with E-state index in [1.54, 1.807) is 19.1 Å². The van der Waals surface area contributed by atoms with E-state index in [0.29, 0.717) is 0 Å². The largest absolute Gasteiger partial charge is 0.451 e. The highest BCUT2D eigenvalue weighted by Crippen LogP contribution is 2.42. The fraction of sp³-hybridized carbons (Fsp3) is 0.471. The first kappa shape index (κ1) is 19.1. The van der Waals surface area contributed by atoms with Gasteiger partial charge < -0.3 is 15.4 Å². The van der Waals surface area contributed by atoms with Crippen LogP contribution in [0.5, 0.6) is 0 Å². The van der Waals surface area contributed by atoms with Crippen LogP contribution in [0, 0.1) is 5.92 Å². The third-order valence-electron chi connectivity index (χ3n) is 4.68. The number of esters is 1. The number of anilines is 1. The molecule has 4 amide bonds. The highest BCUT2D eigenvalue weighted by molar-refractivity contribution is 6.32. The van der Waals surface area contributed by atoms with Gasteiger partial charge in [-0.3, -0.25) is 19.3 Å². The molecule has 0 aromatic carbocycles. The fourth-order valence-electron chi connectivity index (χ4n) is 2.93. The zero-order chi connectivity index (χ0) is 19.8. The highest BCUT2D eigenvalue weighted by Gasteiger charge is 2.56. The van der Waals surface area contributed by atoms with E-state index in [1.807, 2.05) is 0 Å². The molecule has 0 spiro atoms. The highest BCUT2D eigenvalue weighted by atomic mass is 35.5. The quantitative estimate of drug-likeness (QED) is 0.427. The van der Waals surface area contributed by atoms with E-state index in [0.717, 1.165) is 17.7 Å². The number of aromatic nitrogens is 1. The number of pyridine rings is 1. The molecule has 3 rings (SSSR count). The number of urea groups is 1. The molecule has 9 nitrogen and oxygen atoms in total. The van der Waals surface area contributed by atoms with Gasteiger partial charge in [0.05, 0.1) is 5.69 Å². The van der Waals surface area contributed by atoms with Crippen molar-refractivity contribution < 1.29 is 23.9 Å². The van der Waals surface area contributed by atoms with Crippen LogP contribution < -0.4 is 10.6 Å². The van der Waals surface area contributed by atoms with Crippen LogP contribution in [0.4, 0.5) is 10.5 Å². The Balaban J connectivity index is 1.55. The Bertz CT molecular complexity index is 812. The summed E-state index contributed by atoms with van der Waals surface area (Å²) in [6.07, 6.45) is 2.03. The second kappa shape index (κ2) is 7.15. The summed E-state index contributed by atoms with van der Waals surface area (Å²) in [5.41, 5.74) is -0.696. The van der Waals surface area contributed by atoms with Crippen LogP contribution in [0.3, 0.4) is 0 Å². The molecule has 0 radical (unpaired) electrons. The van der Waals surface area contributed by atoms with E-state index in [2.05, 4.69) is 15.6 Å². The van der Waals surface area contributed by atoms with Crippen LogP contribution in [-0.2, 0) is 19.1 Å². The van der Waals surface area contributed by atoms with E-state index in [1.165, 1.54) is 13.1 Å². The van der Waals surface area contributed by atoms with Crippen LogP contribution in [0.15, 0.2) is 18.3 Å². The lowest BCUT2D eigenvalue weighted by Crippen LogP contribution is -2.46. The molecule has 1 aromatic heterocycles. The fourth-order valence-corrected chi connectivity index (χ4v) is 3.09. The minimum absolute atomic E-state index is 0.0869. The number of imide groups is 1. The Morgan fingerprint density at radius 3 is 2.81 bits per heavy atom. The summed E-state index contributed by atoms with van der Waals surface area (Å²) in [4.78, 5) is 53.4. The number of halogens is 1. The first-order chi connectivity index (χ1) is 12.7. The number of hydrogen-bond acceptors (Lipinski definition) is 6. The van der Waals surface area contributed by atoms with Crippen LogP contribution in [0.25, 0.3) is 0 Å². The molecular formula is C17H19ClN4O5. The van der Waals surface area contributed by atoms with Gasteiger partial charge in [-0.2, -0.15) is 0 Å². The predicted octanol–water partition coefficient (Wildman–Crippen LogP) is 1.33. The number of ether oxygens (including phenoxy) is 1. The Kier molecular flexibility index (Phi) is 5.05. The molecule has 0 unspecified atom stereocenters. The number of carbonyl (C=O) groups is 4. The van der Waals surface area contributed by atoms with Crippen molar-refractivity contribution in [1.82, 2.24) is 15.2 Å². The smallest absolute Gasteiger partial charge is 0.327 e. The van der Waals surface area contributed by atoms with Gasteiger partial charge in [-0.15, -0.1) is 0 Å². The Morgan fingerprint density at radius 2 is 2.19 bits per heavy atom. The third-order valence-corrected chi connectivity index (χ3v) is 4.98. The first-order valence-corrected chi connectivity index (χ1v) is 8.85. The lowest BCUT2D eigenvalue weighted by molar-refractivity contribution is -0.155. The number of rotatable bonds is 6. The Morgan fingerprint density at radius 1 is 1.48 bits per heavy atom. The maximum Gasteiger partial charge on any atom is 0.327 e. The zero-order valence-electron chi connectivity index (χ0n) is 14.8. The third kappa shape index (κ3) is 3.87. The average molecular weight is 395 g/mol. The molecule has 2 aliphatic rings. The molecule has 10 heteroatoms. The molecule has 2 fully saturated rings. The molecule has 0 bridgehead atoms. The molecule has 144 valence electrons. The van der Waals surface area contributed by atoms with Gasteiger partial charge in [0, 0.05) is 6.20 Å². The number of amides is 4. The van der Waals surface area contributed by atoms with Gasteiger partial charge in [-0.25, -0.2) is 9.78 Å². The molecule has 1 aromatic rings. The molecule has 1 aliphatic heterocycles. The molecule has 1 saturated heterocycles. The van der Waals surface area contributed by atoms with Crippen molar-refractivity contribution in [2.45, 2.75) is 38.3 Å². The number of hydrogen-bond donors (Lipinski definition) is 2. The van der Waals surface area contributed by atoms with Crippen molar-refractivity contribution in [2.24, 2.45) is 5.92 Å². The van der Waals surface area contributed by atoms with Crippen LogP contribution in [0.2, 0.25) is 5.15 Å². The van der Waals surface area contributed by atoms with Crippen molar-refractivity contribution in [1.29, 1.82) is 0 Å². The summed E-state index contributed by atoms with van der Waals surface area (Å²) >= 11 is 5.86. The van der Waals surface area contributed by atoms with Gasteiger partial charge in [-0.1, -0.05) is 11.6 Å². The second-order valence-corrected chi connectivity index (χ2v) is 7.12. The van der Waals surface area contributed by atoms with Gasteiger partial charge in [0.1, 0.15) is 12.1 Å². The van der Waals surface area contributed by atoms with E-state index in [9.17, 15) is 19.2 Å². The maximum atomic E-state index is 12.5. The van der Waals surface area contributed by atoms with Gasteiger partial charge in [0.15, 0.2) is 11.3 Å². The Labute approximate surface area is 160 Å². The standard InChI is InChI=1S/C17H19ClN4O5/c1-9(14(24)20-11-4-3-7-19-13(11)18)27-12(23)8-22-15(25)17(2,10-5-6-10)21-16(22)26/h3-4,7,9-10H,5-6,8H2,1-2H3,(H,20,24)(H,21,26)/t9-,17-/m1/s1.